The van der Waals surface area contributed by atoms with E-state index in [1.54, 1.807) is 41.3 Å². The Labute approximate surface area is 250 Å². The zero-order valence-electron chi connectivity index (χ0n) is 24.4. The van der Waals surface area contributed by atoms with Gasteiger partial charge in [-0.15, -0.1) is 0 Å². The molecular weight excluding hydrogens is 553 g/mol. The lowest BCUT2D eigenvalue weighted by molar-refractivity contribution is 0.0743. The minimum Gasteiger partial charge on any atom is -0.493 e. The van der Waals surface area contributed by atoms with Crippen LogP contribution < -0.4 is 25.0 Å². The molecule has 0 saturated carbocycles. The summed E-state index contributed by atoms with van der Waals surface area (Å²) in [5, 5.41) is 6.32. The van der Waals surface area contributed by atoms with Gasteiger partial charge in [-0.05, 0) is 67.6 Å². The SMILES string of the molecule is COc1ccc(C(=O)Nc2cc(C(=O)N3CCCNCC3)ccc2N2CCN(C(=O)c3cccc(F)c3)CC2)cc1OC. The fraction of sp³-hybridized carbons (Fsp3) is 0.344. The van der Waals surface area contributed by atoms with Gasteiger partial charge in [-0.2, -0.15) is 0 Å². The van der Waals surface area contributed by atoms with Crippen LogP contribution in [0.5, 0.6) is 11.5 Å². The monoisotopic (exact) mass is 589 g/mol. The van der Waals surface area contributed by atoms with E-state index in [0.29, 0.717) is 73.1 Å². The first-order chi connectivity index (χ1) is 20.9. The number of benzene rings is 3. The number of methoxy groups -OCH3 is 2. The van der Waals surface area contributed by atoms with Gasteiger partial charge in [0.1, 0.15) is 5.82 Å². The van der Waals surface area contributed by atoms with Gasteiger partial charge in [0.25, 0.3) is 17.7 Å². The van der Waals surface area contributed by atoms with Crippen molar-refractivity contribution >= 4 is 29.1 Å². The van der Waals surface area contributed by atoms with Crippen molar-refractivity contribution in [3.8, 4) is 11.5 Å². The number of hydrogen-bond acceptors (Lipinski definition) is 7. The molecule has 0 spiro atoms. The maximum Gasteiger partial charge on any atom is 0.255 e. The highest BCUT2D eigenvalue weighted by Crippen LogP contribution is 2.32. The highest BCUT2D eigenvalue weighted by atomic mass is 19.1. The molecule has 2 aliphatic heterocycles. The lowest BCUT2D eigenvalue weighted by Crippen LogP contribution is -2.49. The Morgan fingerprint density at radius 3 is 2.16 bits per heavy atom. The van der Waals surface area contributed by atoms with Crippen LogP contribution in [0, 0.1) is 5.82 Å². The lowest BCUT2D eigenvalue weighted by Gasteiger charge is -2.37. The summed E-state index contributed by atoms with van der Waals surface area (Å²) in [6, 6.07) is 15.9. The third kappa shape index (κ3) is 6.89. The molecule has 2 aliphatic rings. The van der Waals surface area contributed by atoms with Crippen LogP contribution in [0.25, 0.3) is 0 Å². The van der Waals surface area contributed by atoms with Crippen molar-refractivity contribution < 1.29 is 28.2 Å². The first-order valence-corrected chi connectivity index (χ1v) is 14.3. The Kier molecular flexibility index (Phi) is 9.41. The number of rotatable bonds is 7. The smallest absolute Gasteiger partial charge is 0.255 e. The van der Waals surface area contributed by atoms with Crippen LogP contribution in [-0.4, -0.2) is 94.1 Å². The maximum absolute atomic E-state index is 13.7. The molecule has 0 aromatic heterocycles. The summed E-state index contributed by atoms with van der Waals surface area (Å²) in [5.41, 5.74) is 2.38. The number of nitrogens with one attached hydrogen (secondary N) is 2. The number of carbonyl (C=O) groups is 3. The summed E-state index contributed by atoms with van der Waals surface area (Å²) in [6.45, 7) is 4.67. The molecule has 3 aromatic rings. The quantitative estimate of drug-likeness (QED) is 0.435. The summed E-state index contributed by atoms with van der Waals surface area (Å²) < 4.78 is 24.4. The minimum absolute atomic E-state index is 0.0950. The molecule has 0 radical (unpaired) electrons. The van der Waals surface area contributed by atoms with Gasteiger partial charge in [0, 0.05) is 62.5 Å². The zero-order chi connectivity index (χ0) is 30.3. The molecule has 3 amide bonds. The zero-order valence-corrected chi connectivity index (χ0v) is 24.4. The number of piperazine rings is 1. The molecule has 2 saturated heterocycles. The van der Waals surface area contributed by atoms with E-state index in [-0.39, 0.29) is 17.7 Å². The molecule has 43 heavy (non-hydrogen) atoms. The largest absolute Gasteiger partial charge is 0.493 e. The summed E-state index contributed by atoms with van der Waals surface area (Å²) in [7, 11) is 3.03. The van der Waals surface area contributed by atoms with Gasteiger partial charge in [0.05, 0.1) is 25.6 Å². The minimum atomic E-state index is -0.453. The Balaban J connectivity index is 1.39. The molecule has 226 valence electrons. The summed E-state index contributed by atoms with van der Waals surface area (Å²) in [5.74, 6) is -0.217. The van der Waals surface area contributed by atoms with Crippen LogP contribution in [0.4, 0.5) is 15.8 Å². The number of halogens is 1. The van der Waals surface area contributed by atoms with E-state index in [2.05, 4.69) is 15.5 Å². The normalized spacial score (nSPS) is 15.5. The number of anilines is 2. The van der Waals surface area contributed by atoms with E-state index in [1.807, 2.05) is 11.0 Å². The van der Waals surface area contributed by atoms with Crippen LogP contribution >= 0.6 is 0 Å². The second kappa shape index (κ2) is 13.6. The van der Waals surface area contributed by atoms with E-state index in [9.17, 15) is 18.8 Å². The standard InChI is InChI=1S/C32H36FN5O5/c1-42-28-10-8-22(21-29(28)43-2)30(39)35-26-20-24(32(41)37-13-4-11-34-12-14-37)7-9-27(26)36-15-17-38(18-16-36)31(40)23-5-3-6-25(33)19-23/h3,5-10,19-21,34H,4,11-18H2,1-2H3,(H,35,39). The van der Waals surface area contributed by atoms with Crippen molar-refractivity contribution in [3.63, 3.8) is 0 Å². The fourth-order valence-electron chi connectivity index (χ4n) is 5.40. The van der Waals surface area contributed by atoms with Crippen LogP contribution in [0.1, 0.15) is 37.5 Å². The van der Waals surface area contributed by atoms with E-state index < -0.39 is 5.82 Å². The Morgan fingerprint density at radius 1 is 0.744 bits per heavy atom. The van der Waals surface area contributed by atoms with E-state index in [1.165, 1.54) is 32.4 Å². The molecule has 3 aromatic carbocycles. The molecule has 2 N–H and O–H groups in total. The second-order valence-electron chi connectivity index (χ2n) is 10.4. The fourth-order valence-corrected chi connectivity index (χ4v) is 5.40. The third-order valence-electron chi connectivity index (χ3n) is 7.74. The van der Waals surface area contributed by atoms with Crippen LogP contribution in [0.15, 0.2) is 60.7 Å². The van der Waals surface area contributed by atoms with Gasteiger partial charge < -0.3 is 34.8 Å². The van der Waals surface area contributed by atoms with Crippen molar-refractivity contribution in [3.05, 3.63) is 83.2 Å². The van der Waals surface area contributed by atoms with Crippen molar-refractivity contribution in [2.45, 2.75) is 6.42 Å². The first kappa shape index (κ1) is 29.8. The molecule has 10 nitrogen and oxygen atoms in total. The van der Waals surface area contributed by atoms with Crippen molar-refractivity contribution in [2.75, 3.05) is 76.8 Å². The van der Waals surface area contributed by atoms with Crippen LogP contribution in [0.2, 0.25) is 0 Å². The van der Waals surface area contributed by atoms with Crippen molar-refractivity contribution in [1.82, 2.24) is 15.1 Å². The van der Waals surface area contributed by atoms with E-state index >= 15 is 0 Å². The second-order valence-corrected chi connectivity index (χ2v) is 10.4. The molecule has 0 aliphatic carbocycles. The maximum atomic E-state index is 13.7. The van der Waals surface area contributed by atoms with Crippen molar-refractivity contribution in [1.29, 1.82) is 0 Å². The highest BCUT2D eigenvalue weighted by molar-refractivity contribution is 6.07. The van der Waals surface area contributed by atoms with Gasteiger partial charge >= 0.3 is 0 Å². The van der Waals surface area contributed by atoms with Crippen LogP contribution in [-0.2, 0) is 0 Å². The average Bonchev–Trinajstić information content (AvgIpc) is 3.33. The number of amides is 3. The predicted molar refractivity (Wildman–Crippen MR) is 162 cm³/mol. The lowest BCUT2D eigenvalue weighted by atomic mass is 10.1. The molecule has 11 heteroatoms. The van der Waals surface area contributed by atoms with Gasteiger partial charge in [-0.1, -0.05) is 6.07 Å². The summed E-state index contributed by atoms with van der Waals surface area (Å²) >= 11 is 0. The number of hydrogen-bond donors (Lipinski definition) is 2. The van der Waals surface area contributed by atoms with Crippen LogP contribution in [0.3, 0.4) is 0 Å². The highest BCUT2D eigenvalue weighted by Gasteiger charge is 2.26. The molecular formula is C32H36FN5O5. The van der Waals surface area contributed by atoms with Gasteiger partial charge in [-0.25, -0.2) is 4.39 Å². The summed E-state index contributed by atoms with van der Waals surface area (Å²) in [6.07, 6.45) is 0.866. The van der Waals surface area contributed by atoms with Crippen molar-refractivity contribution in [2.24, 2.45) is 0 Å². The molecule has 2 fully saturated rings. The Hall–Kier alpha value is -4.64. The first-order valence-electron chi connectivity index (χ1n) is 14.3. The van der Waals surface area contributed by atoms with E-state index in [0.717, 1.165) is 25.2 Å². The predicted octanol–water partition coefficient (Wildman–Crippen LogP) is 3.49. The molecule has 5 rings (SSSR count). The molecule has 0 unspecified atom stereocenters. The Bertz CT molecular complexity index is 1480. The van der Waals surface area contributed by atoms with Gasteiger partial charge in [-0.3, -0.25) is 14.4 Å². The number of ether oxygens (including phenoxy) is 2. The molecule has 2 heterocycles. The molecule has 0 bridgehead atoms. The summed E-state index contributed by atoms with van der Waals surface area (Å²) in [4.78, 5) is 45.5. The average molecular weight is 590 g/mol. The van der Waals surface area contributed by atoms with Gasteiger partial charge in [0.2, 0.25) is 0 Å². The topological polar surface area (TPSA) is 103 Å². The van der Waals surface area contributed by atoms with Gasteiger partial charge in [0.15, 0.2) is 11.5 Å². The number of carbonyl (C=O) groups excluding carboxylic acids is 3. The number of nitrogens with zero attached hydrogens (tertiary/aromatic N) is 3. The third-order valence-corrected chi connectivity index (χ3v) is 7.74. The Morgan fingerprint density at radius 2 is 1.44 bits per heavy atom. The molecule has 0 atom stereocenters. The van der Waals surface area contributed by atoms with E-state index in [4.69, 9.17) is 9.47 Å².